The number of thioether (sulfide) groups is 1. The summed E-state index contributed by atoms with van der Waals surface area (Å²) in [6, 6.07) is 0. The molecule has 0 aliphatic heterocycles. The van der Waals surface area contributed by atoms with Gasteiger partial charge in [0.2, 0.25) is 0 Å². The summed E-state index contributed by atoms with van der Waals surface area (Å²) in [5.74, 6) is 1.38. The number of rotatable bonds is 8. The van der Waals surface area contributed by atoms with Gasteiger partial charge < -0.3 is 9.64 Å². The Morgan fingerprint density at radius 3 is 2.43 bits per heavy atom. The molecule has 3 nitrogen and oxygen atoms in total. The zero-order valence-corrected chi connectivity index (χ0v) is 10.2. The van der Waals surface area contributed by atoms with Gasteiger partial charge in [0.15, 0.2) is 0 Å². The number of hydrogen-bond donors (Lipinski definition) is 0. The topological polar surface area (TPSA) is 29.5 Å². The molecular formula is C10H21NO2S. The van der Waals surface area contributed by atoms with E-state index in [1.807, 2.05) is 6.92 Å². The van der Waals surface area contributed by atoms with Crippen LogP contribution in [0.1, 0.15) is 20.8 Å². The van der Waals surface area contributed by atoms with E-state index in [9.17, 15) is 4.79 Å². The molecule has 14 heavy (non-hydrogen) atoms. The highest BCUT2D eigenvalue weighted by Gasteiger charge is 2.02. The van der Waals surface area contributed by atoms with Crippen LogP contribution >= 0.6 is 11.8 Å². The molecule has 0 aromatic rings. The summed E-state index contributed by atoms with van der Waals surface area (Å²) in [7, 11) is 0. The molecular weight excluding hydrogens is 198 g/mol. The van der Waals surface area contributed by atoms with Crippen LogP contribution in [0.2, 0.25) is 0 Å². The Kier molecular flexibility index (Phi) is 9.19. The van der Waals surface area contributed by atoms with Crippen LogP contribution in [0.5, 0.6) is 0 Å². The Hall–Kier alpha value is -0.220. The number of hydrogen-bond acceptors (Lipinski definition) is 4. The van der Waals surface area contributed by atoms with Crippen molar-refractivity contribution in [2.45, 2.75) is 20.8 Å². The second-order valence-corrected chi connectivity index (χ2v) is 3.99. The molecule has 0 bridgehead atoms. The van der Waals surface area contributed by atoms with Crippen LogP contribution in [0.15, 0.2) is 0 Å². The predicted molar refractivity (Wildman–Crippen MR) is 61.7 cm³/mol. The van der Waals surface area contributed by atoms with Crippen LogP contribution in [-0.4, -0.2) is 48.6 Å². The van der Waals surface area contributed by atoms with Crippen molar-refractivity contribution in [3.63, 3.8) is 0 Å². The van der Waals surface area contributed by atoms with E-state index in [-0.39, 0.29) is 5.97 Å². The first-order valence-electron chi connectivity index (χ1n) is 5.20. The Morgan fingerprint density at radius 1 is 1.29 bits per heavy atom. The SMILES string of the molecule is CCOC(=O)CSCCN(CC)CC. The van der Waals surface area contributed by atoms with E-state index in [4.69, 9.17) is 4.74 Å². The first kappa shape index (κ1) is 13.8. The summed E-state index contributed by atoms with van der Waals surface area (Å²) in [5, 5.41) is 0. The molecule has 0 saturated carbocycles. The van der Waals surface area contributed by atoms with Crippen LogP contribution < -0.4 is 0 Å². The number of carbonyl (C=O) groups excluding carboxylic acids is 1. The second kappa shape index (κ2) is 9.34. The first-order valence-corrected chi connectivity index (χ1v) is 6.35. The van der Waals surface area contributed by atoms with Gasteiger partial charge in [0, 0.05) is 12.3 Å². The van der Waals surface area contributed by atoms with Crippen molar-refractivity contribution in [1.82, 2.24) is 4.90 Å². The molecule has 0 aliphatic carbocycles. The minimum atomic E-state index is -0.1000. The number of esters is 1. The normalized spacial score (nSPS) is 10.6. The number of ether oxygens (including phenoxy) is 1. The van der Waals surface area contributed by atoms with Crippen LogP contribution in [0.4, 0.5) is 0 Å². The summed E-state index contributed by atoms with van der Waals surface area (Å²) in [5.41, 5.74) is 0. The van der Waals surface area contributed by atoms with Crippen molar-refractivity contribution in [2.24, 2.45) is 0 Å². The molecule has 0 aliphatic rings. The fourth-order valence-electron chi connectivity index (χ4n) is 1.09. The Balaban J connectivity index is 3.32. The van der Waals surface area contributed by atoms with Crippen molar-refractivity contribution < 1.29 is 9.53 Å². The van der Waals surface area contributed by atoms with Crippen molar-refractivity contribution in [3.05, 3.63) is 0 Å². The average Bonchev–Trinajstić information content (AvgIpc) is 2.19. The minimum absolute atomic E-state index is 0.1000. The highest BCUT2D eigenvalue weighted by atomic mass is 32.2. The Labute approximate surface area is 91.2 Å². The maximum atomic E-state index is 11.0. The van der Waals surface area contributed by atoms with Gasteiger partial charge in [0.05, 0.1) is 12.4 Å². The highest BCUT2D eigenvalue weighted by Crippen LogP contribution is 2.01. The number of carbonyl (C=O) groups is 1. The molecule has 0 spiro atoms. The van der Waals surface area contributed by atoms with E-state index in [1.165, 1.54) is 0 Å². The third-order valence-electron chi connectivity index (χ3n) is 1.97. The molecule has 0 unspecified atom stereocenters. The molecule has 0 amide bonds. The summed E-state index contributed by atoms with van der Waals surface area (Å²) < 4.78 is 4.83. The monoisotopic (exact) mass is 219 g/mol. The fraction of sp³-hybridized carbons (Fsp3) is 0.900. The van der Waals surface area contributed by atoms with Gasteiger partial charge in [0.25, 0.3) is 0 Å². The maximum absolute atomic E-state index is 11.0. The molecule has 0 N–H and O–H groups in total. The van der Waals surface area contributed by atoms with Gasteiger partial charge >= 0.3 is 5.97 Å². The van der Waals surface area contributed by atoms with Gasteiger partial charge in [0.1, 0.15) is 0 Å². The van der Waals surface area contributed by atoms with Gasteiger partial charge in [-0.05, 0) is 20.0 Å². The van der Waals surface area contributed by atoms with Crippen LogP contribution in [0.3, 0.4) is 0 Å². The highest BCUT2D eigenvalue weighted by molar-refractivity contribution is 7.99. The summed E-state index contributed by atoms with van der Waals surface area (Å²) in [6.07, 6.45) is 0. The molecule has 0 heterocycles. The van der Waals surface area contributed by atoms with E-state index in [0.717, 1.165) is 25.4 Å². The minimum Gasteiger partial charge on any atom is -0.465 e. The van der Waals surface area contributed by atoms with Gasteiger partial charge in [-0.15, -0.1) is 11.8 Å². The third-order valence-corrected chi connectivity index (χ3v) is 2.88. The molecule has 0 aromatic heterocycles. The molecule has 4 heteroatoms. The van der Waals surface area contributed by atoms with Crippen molar-refractivity contribution in [2.75, 3.05) is 37.7 Å². The Morgan fingerprint density at radius 2 is 1.93 bits per heavy atom. The van der Waals surface area contributed by atoms with Crippen LogP contribution in [0, 0.1) is 0 Å². The average molecular weight is 219 g/mol. The molecule has 0 aromatic carbocycles. The smallest absolute Gasteiger partial charge is 0.315 e. The standard InChI is InChI=1S/C10H21NO2S/c1-4-11(5-2)7-8-14-9-10(12)13-6-3/h4-9H2,1-3H3. The van der Waals surface area contributed by atoms with E-state index >= 15 is 0 Å². The third kappa shape index (κ3) is 7.21. The summed E-state index contributed by atoms with van der Waals surface area (Å²) in [6.45, 7) is 9.83. The first-order chi connectivity index (χ1) is 6.74. The summed E-state index contributed by atoms with van der Waals surface area (Å²) in [4.78, 5) is 13.3. The van der Waals surface area contributed by atoms with Crippen molar-refractivity contribution in [1.29, 1.82) is 0 Å². The lowest BCUT2D eigenvalue weighted by Gasteiger charge is -2.16. The largest absolute Gasteiger partial charge is 0.465 e. The van der Waals surface area contributed by atoms with E-state index in [2.05, 4.69) is 18.7 Å². The fourth-order valence-corrected chi connectivity index (χ4v) is 1.87. The second-order valence-electron chi connectivity index (χ2n) is 2.88. The van der Waals surface area contributed by atoms with Crippen molar-refractivity contribution in [3.8, 4) is 0 Å². The molecule has 0 saturated heterocycles. The predicted octanol–water partition coefficient (Wildman–Crippen LogP) is 1.62. The number of nitrogens with zero attached hydrogens (tertiary/aromatic N) is 1. The molecule has 84 valence electrons. The van der Waals surface area contributed by atoms with E-state index in [1.54, 1.807) is 11.8 Å². The zero-order valence-electron chi connectivity index (χ0n) is 9.41. The van der Waals surface area contributed by atoms with Crippen molar-refractivity contribution >= 4 is 17.7 Å². The van der Waals surface area contributed by atoms with Gasteiger partial charge in [-0.2, -0.15) is 0 Å². The lowest BCUT2D eigenvalue weighted by Crippen LogP contribution is -2.25. The molecule has 0 atom stereocenters. The molecule has 0 radical (unpaired) electrons. The lowest BCUT2D eigenvalue weighted by molar-refractivity contribution is -0.139. The molecule has 0 fully saturated rings. The molecule has 0 rings (SSSR count). The lowest BCUT2D eigenvalue weighted by atomic mass is 10.5. The van der Waals surface area contributed by atoms with Gasteiger partial charge in [-0.25, -0.2) is 0 Å². The van der Waals surface area contributed by atoms with E-state index in [0.29, 0.717) is 12.4 Å². The van der Waals surface area contributed by atoms with Crippen LogP contribution in [0.25, 0.3) is 0 Å². The Bertz CT molecular complexity index is 149. The maximum Gasteiger partial charge on any atom is 0.315 e. The van der Waals surface area contributed by atoms with Crippen LogP contribution in [-0.2, 0) is 9.53 Å². The quantitative estimate of drug-likeness (QED) is 0.458. The zero-order chi connectivity index (χ0) is 10.8. The van der Waals surface area contributed by atoms with Gasteiger partial charge in [-0.1, -0.05) is 13.8 Å². The summed E-state index contributed by atoms with van der Waals surface area (Å²) >= 11 is 1.64. The van der Waals surface area contributed by atoms with Gasteiger partial charge in [-0.3, -0.25) is 4.79 Å². The van der Waals surface area contributed by atoms with E-state index < -0.39 is 0 Å².